The lowest BCUT2D eigenvalue weighted by Gasteiger charge is -2.07. The van der Waals surface area contributed by atoms with Crippen molar-refractivity contribution in [2.45, 2.75) is 20.3 Å². The molecule has 18 heavy (non-hydrogen) atoms. The SMILES string of the molecule is CC(=CCOC(=O)C(C)=CCCN(C)C)C(=O)O. The summed E-state index contributed by atoms with van der Waals surface area (Å²) in [7, 11) is 3.92. The molecule has 0 heterocycles. The zero-order chi connectivity index (χ0) is 14.1. The maximum Gasteiger partial charge on any atom is 0.333 e. The molecular formula is C13H21NO4. The summed E-state index contributed by atoms with van der Waals surface area (Å²) in [4.78, 5) is 24.0. The molecule has 102 valence electrons. The molecule has 5 nitrogen and oxygen atoms in total. The van der Waals surface area contributed by atoms with E-state index in [4.69, 9.17) is 9.84 Å². The number of hydrogen-bond acceptors (Lipinski definition) is 4. The largest absolute Gasteiger partial charge is 0.478 e. The summed E-state index contributed by atoms with van der Waals surface area (Å²) >= 11 is 0. The Balaban J connectivity index is 4.09. The van der Waals surface area contributed by atoms with Crippen LogP contribution in [0.1, 0.15) is 20.3 Å². The van der Waals surface area contributed by atoms with Gasteiger partial charge >= 0.3 is 11.9 Å². The van der Waals surface area contributed by atoms with Gasteiger partial charge in [-0.3, -0.25) is 0 Å². The van der Waals surface area contributed by atoms with Crippen LogP contribution in [0.15, 0.2) is 23.3 Å². The second kappa shape index (κ2) is 8.47. The minimum Gasteiger partial charge on any atom is -0.478 e. The van der Waals surface area contributed by atoms with Gasteiger partial charge in [0.25, 0.3) is 0 Å². The van der Waals surface area contributed by atoms with E-state index in [9.17, 15) is 9.59 Å². The van der Waals surface area contributed by atoms with E-state index in [1.807, 2.05) is 25.1 Å². The normalized spacial score (nSPS) is 12.7. The quantitative estimate of drug-likeness (QED) is 0.551. The van der Waals surface area contributed by atoms with Gasteiger partial charge in [-0.1, -0.05) is 6.08 Å². The predicted octanol–water partition coefficient (Wildman–Crippen LogP) is 1.46. The minimum absolute atomic E-state index is 0.0180. The van der Waals surface area contributed by atoms with Crippen LogP contribution in [0.2, 0.25) is 0 Å². The van der Waals surface area contributed by atoms with Gasteiger partial charge in [-0.2, -0.15) is 0 Å². The van der Waals surface area contributed by atoms with E-state index in [0.717, 1.165) is 13.0 Å². The highest BCUT2D eigenvalue weighted by Crippen LogP contribution is 2.00. The zero-order valence-corrected chi connectivity index (χ0v) is 11.4. The Morgan fingerprint density at radius 1 is 1.17 bits per heavy atom. The van der Waals surface area contributed by atoms with Gasteiger partial charge in [0.05, 0.1) is 0 Å². The van der Waals surface area contributed by atoms with Crippen molar-refractivity contribution in [3.05, 3.63) is 23.3 Å². The van der Waals surface area contributed by atoms with Crippen molar-refractivity contribution >= 4 is 11.9 Å². The van der Waals surface area contributed by atoms with Gasteiger partial charge in [-0.15, -0.1) is 0 Å². The van der Waals surface area contributed by atoms with Gasteiger partial charge < -0.3 is 14.7 Å². The number of hydrogen-bond donors (Lipinski definition) is 1. The van der Waals surface area contributed by atoms with Crippen molar-refractivity contribution in [2.24, 2.45) is 0 Å². The summed E-state index contributed by atoms with van der Waals surface area (Å²) in [5, 5.41) is 8.60. The predicted molar refractivity (Wildman–Crippen MR) is 69.3 cm³/mol. The number of nitrogens with zero attached hydrogens (tertiary/aromatic N) is 1. The van der Waals surface area contributed by atoms with Crippen molar-refractivity contribution in [3.63, 3.8) is 0 Å². The van der Waals surface area contributed by atoms with Gasteiger partial charge in [0.1, 0.15) is 6.61 Å². The third-order valence-electron chi connectivity index (χ3n) is 2.29. The summed E-state index contributed by atoms with van der Waals surface area (Å²) < 4.78 is 4.92. The molecule has 0 aliphatic rings. The molecule has 0 rings (SSSR count). The summed E-state index contributed by atoms with van der Waals surface area (Å²) in [5.41, 5.74) is 0.704. The van der Waals surface area contributed by atoms with Crippen LogP contribution >= 0.6 is 0 Å². The smallest absolute Gasteiger partial charge is 0.333 e. The summed E-state index contributed by atoms with van der Waals surface area (Å²) in [5.74, 6) is -1.42. The molecule has 0 aromatic rings. The molecule has 0 aliphatic heterocycles. The number of ether oxygens (including phenoxy) is 1. The van der Waals surface area contributed by atoms with E-state index in [1.54, 1.807) is 6.92 Å². The molecular weight excluding hydrogens is 234 g/mol. The molecule has 0 radical (unpaired) electrons. The fourth-order valence-electron chi connectivity index (χ4n) is 1.07. The lowest BCUT2D eigenvalue weighted by atomic mass is 10.2. The van der Waals surface area contributed by atoms with E-state index in [-0.39, 0.29) is 12.2 Å². The molecule has 1 N–H and O–H groups in total. The number of rotatable bonds is 7. The first-order valence-corrected chi connectivity index (χ1v) is 5.73. The first-order valence-electron chi connectivity index (χ1n) is 5.73. The molecule has 0 bridgehead atoms. The Labute approximate surface area is 108 Å². The molecule has 0 spiro atoms. The minimum atomic E-state index is -1.01. The van der Waals surface area contributed by atoms with Crippen LogP contribution in [0.3, 0.4) is 0 Å². The Bertz CT molecular complexity index is 356. The van der Waals surface area contributed by atoms with Crippen LogP contribution in [-0.2, 0) is 14.3 Å². The summed E-state index contributed by atoms with van der Waals surface area (Å²) in [6.07, 6.45) is 3.96. The maximum atomic E-state index is 11.5. The first-order chi connectivity index (χ1) is 8.34. The van der Waals surface area contributed by atoms with Crippen LogP contribution in [0.5, 0.6) is 0 Å². The maximum absolute atomic E-state index is 11.5. The number of carboxylic acid groups (broad SMARTS) is 1. The van der Waals surface area contributed by atoms with Gasteiger partial charge in [0.2, 0.25) is 0 Å². The van der Waals surface area contributed by atoms with E-state index < -0.39 is 11.9 Å². The standard InChI is InChI=1S/C13H21NO4/c1-10(12(15)16)7-9-18-13(17)11(2)6-5-8-14(3)4/h6-7H,5,8-9H2,1-4H3,(H,15,16). The van der Waals surface area contributed by atoms with Gasteiger partial charge in [-0.05, 0) is 40.4 Å². The Morgan fingerprint density at radius 2 is 1.78 bits per heavy atom. The fraction of sp³-hybridized carbons (Fsp3) is 0.538. The molecule has 5 heteroatoms. The van der Waals surface area contributed by atoms with Crippen LogP contribution in [0, 0.1) is 0 Å². The Hall–Kier alpha value is -1.62. The van der Waals surface area contributed by atoms with Gasteiger partial charge in [0.15, 0.2) is 0 Å². The summed E-state index contributed by atoms with van der Waals surface area (Å²) in [6, 6.07) is 0. The van der Waals surface area contributed by atoms with Crippen LogP contribution in [0.4, 0.5) is 0 Å². The third-order valence-corrected chi connectivity index (χ3v) is 2.29. The summed E-state index contributed by atoms with van der Waals surface area (Å²) in [6.45, 7) is 3.99. The van der Waals surface area contributed by atoms with Crippen LogP contribution in [-0.4, -0.2) is 49.2 Å². The lowest BCUT2D eigenvalue weighted by Crippen LogP contribution is -2.13. The highest BCUT2D eigenvalue weighted by Gasteiger charge is 2.05. The fourth-order valence-corrected chi connectivity index (χ4v) is 1.07. The van der Waals surface area contributed by atoms with Crippen molar-refractivity contribution in [2.75, 3.05) is 27.2 Å². The highest BCUT2D eigenvalue weighted by molar-refractivity contribution is 5.88. The second-order valence-corrected chi connectivity index (χ2v) is 4.27. The van der Waals surface area contributed by atoms with E-state index >= 15 is 0 Å². The average molecular weight is 255 g/mol. The molecule has 0 aromatic heterocycles. The molecule has 0 fully saturated rings. The molecule has 0 amide bonds. The number of carbonyl (C=O) groups excluding carboxylic acids is 1. The van der Waals surface area contributed by atoms with E-state index in [1.165, 1.54) is 13.0 Å². The molecule has 0 aliphatic carbocycles. The Kier molecular flexibility index (Phi) is 7.71. The van der Waals surface area contributed by atoms with Gasteiger partial charge in [-0.25, -0.2) is 9.59 Å². The first kappa shape index (κ1) is 16.4. The molecule has 0 aromatic carbocycles. The lowest BCUT2D eigenvalue weighted by molar-refractivity contribution is -0.138. The van der Waals surface area contributed by atoms with E-state index in [0.29, 0.717) is 5.57 Å². The number of carbonyl (C=O) groups is 2. The Morgan fingerprint density at radius 3 is 2.28 bits per heavy atom. The van der Waals surface area contributed by atoms with Crippen LogP contribution in [0.25, 0.3) is 0 Å². The van der Waals surface area contributed by atoms with Crippen molar-refractivity contribution in [3.8, 4) is 0 Å². The van der Waals surface area contributed by atoms with E-state index in [2.05, 4.69) is 0 Å². The highest BCUT2D eigenvalue weighted by atomic mass is 16.5. The second-order valence-electron chi connectivity index (χ2n) is 4.27. The molecule has 0 atom stereocenters. The molecule has 0 saturated heterocycles. The average Bonchev–Trinajstić information content (AvgIpc) is 2.27. The van der Waals surface area contributed by atoms with Crippen molar-refractivity contribution < 1.29 is 19.4 Å². The topological polar surface area (TPSA) is 66.8 Å². The number of aliphatic carboxylic acids is 1. The van der Waals surface area contributed by atoms with Crippen molar-refractivity contribution in [1.29, 1.82) is 0 Å². The number of carboxylic acids is 1. The molecule has 0 saturated carbocycles. The van der Waals surface area contributed by atoms with Crippen molar-refractivity contribution in [1.82, 2.24) is 4.90 Å². The zero-order valence-electron chi connectivity index (χ0n) is 11.4. The monoisotopic (exact) mass is 255 g/mol. The number of esters is 1. The van der Waals surface area contributed by atoms with Crippen LogP contribution < -0.4 is 0 Å². The third kappa shape index (κ3) is 7.62. The van der Waals surface area contributed by atoms with Gasteiger partial charge in [0, 0.05) is 17.7 Å². The molecule has 0 unspecified atom stereocenters.